The molecule has 0 saturated carbocycles. The minimum Gasteiger partial charge on any atom is -0.508 e. The van der Waals surface area contributed by atoms with Crippen LogP contribution in [0.5, 0.6) is 5.75 Å². The maximum Gasteiger partial charge on any atom is 0.335 e. The van der Waals surface area contributed by atoms with Gasteiger partial charge in [-0.25, -0.2) is 9.78 Å². The standard InChI is InChI=1S/C23H16N2O4/c26-18-5-3-4-17(14-18)25-21(24-20-7-2-1-6-19(20)22(25)27)13-10-15-8-11-16(12-9-15)23(28)29/h1-14,26H,(H,28,29)/b13-10+. The molecule has 6 heteroatoms. The van der Waals surface area contributed by atoms with E-state index in [1.54, 1.807) is 54.6 Å². The molecule has 29 heavy (non-hydrogen) atoms. The summed E-state index contributed by atoms with van der Waals surface area (Å²) in [6.07, 6.45) is 3.44. The summed E-state index contributed by atoms with van der Waals surface area (Å²) in [6.45, 7) is 0. The molecule has 142 valence electrons. The van der Waals surface area contributed by atoms with Crippen LogP contribution in [0.25, 0.3) is 28.7 Å². The van der Waals surface area contributed by atoms with Gasteiger partial charge in [0.05, 0.1) is 22.2 Å². The van der Waals surface area contributed by atoms with Gasteiger partial charge in [0.25, 0.3) is 5.56 Å². The van der Waals surface area contributed by atoms with Crippen molar-refractivity contribution in [1.82, 2.24) is 9.55 Å². The number of para-hydroxylation sites is 1. The number of hydrogen-bond acceptors (Lipinski definition) is 4. The van der Waals surface area contributed by atoms with Crippen LogP contribution in [-0.2, 0) is 0 Å². The largest absolute Gasteiger partial charge is 0.508 e. The molecule has 0 saturated heterocycles. The number of fused-ring (bicyclic) bond motifs is 1. The van der Waals surface area contributed by atoms with Crippen LogP contribution >= 0.6 is 0 Å². The van der Waals surface area contributed by atoms with Gasteiger partial charge in [-0.1, -0.05) is 36.4 Å². The third-order valence-corrected chi connectivity index (χ3v) is 4.47. The number of phenolic OH excluding ortho intramolecular Hbond substituents is 1. The van der Waals surface area contributed by atoms with Gasteiger partial charge in [0.1, 0.15) is 11.6 Å². The van der Waals surface area contributed by atoms with Crippen molar-refractivity contribution in [1.29, 1.82) is 0 Å². The van der Waals surface area contributed by atoms with Crippen LogP contribution in [0.1, 0.15) is 21.7 Å². The molecule has 0 unspecified atom stereocenters. The molecule has 2 N–H and O–H groups in total. The molecule has 0 spiro atoms. The zero-order valence-corrected chi connectivity index (χ0v) is 15.2. The van der Waals surface area contributed by atoms with Gasteiger partial charge in [0.2, 0.25) is 0 Å². The summed E-state index contributed by atoms with van der Waals surface area (Å²) in [7, 11) is 0. The monoisotopic (exact) mass is 384 g/mol. The van der Waals surface area contributed by atoms with Crippen molar-refractivity contribution < 1.29 is 15.0 Å². The zero-order valence-electron chi connectivity index (χ0n) is 15.2. The summed E-state index contributed by atoms with van der Waals surface area (Å²) in [5, 5.41) is 19.3. The van der Waals surface area contributed by atoms with Crippen LogP contribution in [0.4, 0.5) is 0 Å². The maximum atomic E-state index is 13.1. The lowest BCUT2D eigenvalue weighted by Gasteiger charge is -2.11. The highest BCUT2D eigenvalue weighted by molar-refractivity contribution is 5.88. The van der Waals surface area contributed by atoms with Crippen molar-refractivity contribution in [2.24, 2.45) is 0 Å². The maximum absolute atomic E-state index is 13.1. The fourth-order valence-electron chi connectivity index (χ4n) is 3.05. The lowest BCUT2D eigenvalue weighted by Crippen LogP contribution is -2.22. The van der Waals surface area contributed by atoms with E-state index in [1.807, 2.05) is 6.07 Å². The van der Waals surface area contributed by atoms with Crippen molar-refractivity contribution in [3.63, 3.8) is 0 Å². The lowest BCUT2D eigenvalue weighted by molar-refractivity contribution is 0.0697. The molecular formula is C23H16N2O4. The van der Waals surface area contributed by atoms with Crippen molar-refractivity contribution in [3.8, 4) is 11.4 Å². The molecule has 0 atom stereocenters. The number of aromatic carboxylic acids is 1. The number of nitrogens with zero attached hydrogens (tertiary/aromatic N) is 2. The number of rotatable bonds is 4. The van der Waals surface area contributed by atoms with E-state index in [1.165, 1.54) is 28.8 Å². The van der Waals surface area contributed by atoms with Crippen LogP contribution in [0, 0.1) is 0 Å². The summed E-state index contributed by atoms with van der Waals surface area (Å²) in [4.78, 5) is 28.7. The first-order valence-corrected chi connectivity index (χ1v) is 8.85. The van der Waals surface area contributed by atoms with E-state index in [4.69, 9.17) is 5.11 Å². The van der Waals surface area contributed by atoms with E-state index < -0.39 is 5.97 Å². The third kappa shape index (κ3) is 3.64. The van der Waals surface area contributed by atoms with E-state index in [0.717, 1.165) is 5.56 Å². The van der Waals surface area contributed by atoms with Gasteiger partial charge in [-0.2, -0.15) is 0 Å². The smallest absolute Gasteiger partial charge is 0.335 e. The van der Waals surface area contributed by atoms with E-state index in [0.29, 0.717) is 22.4 Å². The number of carbonyl (C=O) groups is 1. The Kier molecular flexibility index (Phi) is 4.66. The molecule has 0 aliphatic carbocycles. The Morgan fingerprint density at radius 1 is 0.931 bits per heavy atom. The summed E-state index contributed by atoms with van der Waals surface area (Å²) in [5.74, 6) is -0.558. The van der Waals surface area contributed by atoms with Gasteiger partial charge < -0.3 is 10.2 Å². The second-order valence-electron chi connectivity index (χ2n) is 6.41. The molecule has 1 heterocycles. The predicted molar refractivity (Wildman–Crippen MR) is 111 cm³/mol. The Morgan fingerprint density at radius 3 is 2.41 bits per heavy atom. The highest BCUT2D eigenvalue weighted by Gasteiger charge is 2.11. The number of carboxylic acid groups (broad SMARTS) is 1. The average molecular weight is 384 g/mol. The number of benzene rings is 3. The Hall–Kier alpha value is -4.19. The molecule has 6 nitrogen and oxygen atoms in total. The van der Waals surface area contributed by atoms with Gasteiger partial charge in [-0.05, 0) is 48.0 Å². The molecule has 4 aromatic rings. The SMILES string of the molecule is O=C(O)c1ccc(/C=C/c2nc3ccccc3c(=O)n2-c2cccc(O)c2)cc1. The average Bonchev–Trinajstić information content (AvgIpc) is 2.72. The van der Waals surface area contributed by atoms with Gasteiger partial charge in [-0.15, -0.1) is 0 Å². The minimum atomic E-state index is -0.991. The Labute approximate surface area is 165 Å². The molecule has 0 fully saturated rings. The molecule has 0 amide bonds. The quantitative estimate of drug-likeness (QED) is 0.556. The fraction of sp³-hybridized carbons (Fsp3) is 0. The van der Waals surface area contributed by atoms with Crippen LogP contribution < -0.4 is 5.56 Å². The molecule has 0 radical (unpaired) electrons. The molecule has 4 rings (SSSR count). The molecular weight excluding hydrogens is 368 g/mol. The number of carboxylic acids is 1. The highest BCUT2D eigenvalue weighted by atomic mass is 16.4. The number of aromatic nitrogens is 2. The predicted octanol–water partition coefficient (Wildman–Crippen LogP) is 3.96. The first-order valence-electron chi connectivity index (χ1n) is 8.85. The number of aromatic hydroxyl groups is 1. The second-order valence-corrected chi connectivity index (χ2v) is 6.41. The van der Waals surface area contributed by atoms with Crippen LogP contribution in [-0.4, -0.2) is 25.7 Å². The van der Waals surface area contributed by atoms with E-state index in [9.17, 15) is 14.7 Å². The highest BCUT2D eigenvalue weighted by Crippen LogP contribution is 2.19. The number of phenols is 1. The molecule has 0 aliphatic rings. The van der Waals surface area contributed by atoms with Crippen LogP contribution in [0.3, 0.4) is 0 Å². The van der Waals surface area contributed by atoms with Crippen molar-refractivity contribution >= 4 is 29.0 Å². The van der Waals surface area contributed by atoms with Gasteiger partial charge in [0.15, 0.2) is 0 Å². The van der Waals surface area contributed by atoms with E-state index in [-0.39, 0.29) is 16.9 Å². The molecule has 3 aromatic carbocycles. The Bertz CT molecular complexity index is 1300. The second kappa shape index (κ2) is 7.44. The molecule has 1 aromatic heterocycles. The van der Waals surface area contributed by atoms with Crippen LogP contribution in [0.15, 0.2) is 77.6 Å². The van der Waals surface area contributed by atoms with Crippen LogP contribution in [0.2, 0.25) is 0 Å². The van der Waals surface area contributed by atoms with Gasteiger partial charge in [0, 0.05) is 6.07 Å². The zero-order chi connectivity index (χ0) is 20.4. The normalized spacial score (nSPS) is 11.2. The third-order valence-electron chi connectivity index (χ3n) is 4.47. The molecule has 0 bridgehead atoms. The summed E-state index contributed by atoms with van der Waals surface area (Å²) in [6, 6.07) is 19.8. The lowest BCUT2D eigenvalue weighted by atomic mass is 10.1. The van der Waals surface area contributed by atoms with Crippen molar-refractivity contribution in [2.45, 2.75) is 0 Å². The summed E-state index contributed by atoms with van der Waals surface area (Å²) >= 11 is 0. The summed E-state index contributed by atoms with van der Waals surface area (Å²) in [5.41, 5.74) is 1.77. The first kappa shape index (κ1) is 18.2. The van der Waals surface area contributed by atoms with Gasteiger partial charge in [-0.3, -0.25) is 9.36 Å². The fourth-order valence-corrected chi connectivity index (χ4v) is 3.05. The summed E-state index contributed by atoms with van der Waals surface area (Å²) < 4.78 is 1.43. The Morgan fingerprint density at radius 2 is 1.69 bits per heavy atom. The minimum absolute atomic E-state index is 0.0433. The van der Waals surface area contributed by atoms with Crippen molar-refractivity contribution in [2.75, 3.05) is 0 Å². The van der Waals surface area contributed by atoms with Gasteiger partial charge >= 0.3 is 5.97 Å². The van der Waals surface area contributed by atoms with Crippen molar-refractivity contribution in [3.05, 3.63) is 100 Å². The first-order chi connectivity index (χ1) is 14.0. The Balaban J connectivity index is 1.87. The molecule has 0 aliphatic heterocycles. The number of hydrogen-bond donors (Lipinski definition) is 2. The topological polar surface area (TPSA) is 92.4 Å². The van der Waals surface area contributed by atoms with E-state index >= 15 is 0 Å². The van der Waals surface area contributed by atoms with E-state index in [2.05, 4.69) is 4.98 Å².